The number of fused-ring (bicyclic) bond motifs is 9. The molecule has 8 heteroatoms. The Morgan fingerprint density at radius 1 is 0.396 bits per heavy atom. The molecule has 0 aliphatic rings. The quantitative estimate of drug-likeness (QED) is 0.171. The number of nitrogens with zero attached hydrogens (tertiary/aromatic N) is 5. The number of hydrogen-bond donors (Lipinski definition) is 0. The molecular formula is C45H27N5O2S. The van der Waals surface area contributed by atoms with E-state index in [1.54, 1.807) is 11.3 Å². The predicted molar refractivity (Wildman–Crippen MR) is 217 cm³/mol. The Bertz CT molecular complexity index is 2940. The third-order valence-electron chi connectivity index (χ3n) is 9.78. The Labute approximate surface area is 306 Å². The molecule has 7 nitrogen and oxygen atoms in total. The zero-order valence-corrected chi connectivity index (χ0v) is 28.9. The van der Waals surface area contributed by atoms with Gasteiger partial charge in [0.2, 0.25) is 0 Å². The normalized spacial score (nSPS) is 11.8. The van der Waals surface area contributed by atoms with E-state index in [2.05, 4.69) is 101 Å². The summed E-state index contributed by atoms with van der Waals surface area (Å²) in [7, 11) is 0. The van der Waals surface area contributed by atoms with Gasteiger partial charge in [-0.2, -0.15) is 0 Å². The molecule has 0 fully saturated rings. The van der Waals surface area contributed by atoms with Gasteiger partial charge < -0.3 is 8.83 Å². The molecule has 0 spiro atoms. The van der Waals surface area contributed by atoms with E-state index in [4.69, 9.17) is 24.0 Å². The lowest BCUT2D eigenvalue weighted by Crippen LogP contribution is -2.12. The molecule has 5 heterocycles. The molecule has 0 aliphatic carbocycles. The number of hydrogen-bond acceptors (Lipinski definition) is 8. The van der Waals surface area contributed by atoms with Gasteiger partial charge in [0, 0.05) is 56.5 Å². The Morgan fingerprint density at radius 3 is 1.51 bits per heavy atom. The Kier molecular flexibility index (Phi) is 6.59. The maximum atomic E-state index is 6.28. The molecule has 0 saturated heterocycles. The van der Waals surface area contributed by atoms with Crippen molar-refractivity contribution in [2.24, 2.45) is 0 Å². The van der Waals surface area contributed by atoms with E-state index in [0.29, 0.717) is 5.82 Å². The second-order valence-electron chi connectivity index (χ2n) is 12.9. The fraction of sp³-hybridized carbons (Fsp3) is 0. The molecular weight excluding hydrogens is 675 g/mol. The summed E-state index contributed by atoms with van der Waals surface area (Å²) in [6.07, 6.45) is 0. The fourth-order valence-corrected chi connectivity index (χ4v) is 8.38. The van der Waals surface area contributed by atoms with Crippen LogP contribution < -0.4 is 9.80 Å². The molecule has 0 unspecified atom stereocenters. The maximum Gasteiger partial charge on any atom is 0.161 e. The molecule has 6 aromatic carbocycles. The number of thiophene rings is 1. The smallest absolute Gasteiger partial charge is 0.161 e. The second-order valence-corrected chi connectivity index (χ2v) is 14.0. The topological polar surface area (TPSA) is 71.4 Å². The zero-order chi connectivity index (χ0) is 34.9. The van der Waals surface area contributed by atoms with E-state index >= 15 is 0 Å². The van der Waals surface area contributed by atoms with Crippen molar-refractivity contribution in [3.63, 3.8) is 0 Å². The Hall–Kier alpha value is -7.03. The highest BCUT2D eigenvalue weighted by atomic mass is 32.1. The van der Waals surface area contributed by atoms with Crippen LogP contribution in [0, 0.1) is 0 Å². The van der Waals surface area contributed by atoms with Gasteiger partial charge in [-0.1, -0.05) is 72.8 Å². The number of para-hydroxylation sites is 4. The Balaban J connectivity index is 1.03. The van der Waals surface area contributed by atoms with Crippen LogP contribution in [0.25, 0.3) is 64.3 Å². The first-order valence-electron chi connectivity index (χ1n) is 17.4. The molecule has 0 saturated carbocycles. The van der Waals surface area contributed by atoms with Crippen LogP contribution in [0.4, 0.5) is 34.4 Å². The van der Waals surface area contributed by atoms with Crippen molar-refractivity contribution in [1.82, 2.24) is 15.2 Å². The van der Waals surface area contributed by atoms with Crippen molar-refractivity contribution < 1.29 is 8.83 Å². The van der Waals surface area contributed by atoms with Crippen LogP contribution in [0.15, 0.2) is 173 Å². The van der Waals surface area contributed by atoms with E-state index in [-0.39, 0.29) is 0 Å². The molecule has 0 N–H and O–H groups in total. The van der Waals surface area contributed by atoms with Crippen molar-refractivity contribution in [2.45, 2.75) is 0 Å². The first-order valence-corrected chi connectivity index (χ1v) is 18.2. The van der Waals surface area contributed by atoms with Crippen molar-refractivity contribution >= 4 is 110 Å². The summed E-state index contributed by atoms with van der Waals surface area (Å²) < 4.78 is 13.6. The van der Waals surface area contributed by atoms with Gasteiger partial charge in [-0.05, 0) is 72.8 Å². The van der Waals surface area contributed by atoms with Gasteiger partial charge in [-0.25, -0.2) is 4.98 Å². The number of benzene rings is 6. The summed E-state index contributed by atoms with van der Waals surface area (Å²) in [6.45, 7) is 0. The average Bonchev–Trinajstić information content (AvgIpc) is 3.89. The zero-order valence-electron chi connectivity index (χ0n) is 28.0. The molecule has 0 aliphatic heterocycles. The maximum absolute atomic E-state index is 6.28. The van der Waals surface area contributed by atoms with Crippen LogP contribution >= 0.6 is 11.3 Å². The van der Waals surface area contributed by atoms with Crippen LogP contribution in [0.5, 0.6) is 0 Å². The lowest BCUT2D eigenvalue weighted by Gasteiger charge is -2.24. The van der Waals surface area contributed by atoms with Crippen LogP contribution in [0.1, 0.15) is 0 Å². The summed E-state index contributed by atoms with van der Waals surface area (Å²) in [6, 6.07) is 55.7. The third-order valence-corrected chi connectivity index (χ3v) is 10.8. The van der Waals surface area contributed by atoms with Gasteiger partial charge in [0.15, 0.2) is 5.82 Å². The largest absolute Gasteiger partial charge is 0.456 e. The van der Waals surface area contributed by atoms with E-state index in [9.17, 15) is 0 Å². The van der Waals surface area contributed by atoms with Gasteiger partial charge >= 0.3 is 0 Å². The fourth-order valence-electron chi connectivity index (χ4n) is 7.34. The van der Waals surface area contributed by atoms with Crippen molar-refractivity contribution in [2.75, 3.05) is 9.80 Å². The average molecular weight is 702 g/mol. The van der Waals surface area contributed by atoms with E-state index in [1.807, 2.05) is 72.8 Å². The second kappa shape index (κ2) is 11.8. The molecule has 0 atom stereocenters. The van der Waals surface area contributed by atoms with Gasteiger partial charge in [0.1, 0.15) is 38.5 Å². The van der Waals surface area contributed by atoms with Crippen LogP contribution in [-0.2, 0) is 0 Å². The molecule has 0 radical (unpaired) electrons. The summed E-state index contributed by atoms with van der Waals surface area (Å²) in [5.41, 5.74) is 8.06. The van der Waals surface area contributed by atoms with Crippen LogP contribution in [0.2, 0.25) is 0 Å². The molecule has 11 aromatic rings. The molecule has 0 bridgehead atoms. The van der Waals surface area contributed by atoms with Gasteiger partial charge in [-0.3, -0.25) is 9.80 Å². The van der Waals surface area contributed by atoms with Gasteiger partial charge in [0.05, 0.1) is 16.1 Å². The highest BCUT2D eigenvalue weighted by molar-refractivity contribution is 7.25. The molecule has 5 aromatic heterocycles. The van der Waals surface area contributed by atoms with Crippen molar-refractivity contribution in [3.8, 4) is 0 Å². The van der Waals surface area contributed by atoms with Crippen molar-refractivity contribution in [3.05, 3.63) is 164 Å². The molecule has 250 valence electrons. The standard InChI is InChI=1S/C45H27N5O2S/c1-3-11-28(12-4-1)49(30-19-21-34-32-15-7-9-17-37(32)51-39(34)25-30)42-24-23-36-44-41(53-45(36)46-42)27-43(47-48-44)50(29-13-5-2-6-14-29)31-20-22-35-33-16-8-10-18-38(33)52-40(35)26-31/h1-27H. The third kappa shape index (κ3) is 4.84. The minimum atomic E-state index is 0.705. The Morgan fingerprint density at radius 2 is 0.906 bits per heavy atom. The monoisotopic (exact) mass is 701 g/mol. The summed E-state index contributed by atoms with van der Waals surface area (Å²) >= 11 is 1.61. The van der Waals surface area contributed by atoms with E-state index < -0.39 is 0 Å². The van der Waals surface area contributed by atoms with Gasteiger partial charge in [0.25, 0.3) is 0 Å². The predicted octanol–water partition coefficient (Wildman–Crippen LogP) is 13.0. The minimum absolute atomic E-state index is 0.705. The number of aromatic nitrogens is 3. The molecule has 0 amide bonds. The lowest BCUT2D eigenvalue weighted by atomic mass is 10.1. The minimum Gasteiger partial charge on any atom is -0.456 e. The SMILES string of the molecule is c1ccc(N(c2ccc3c(c2)oc2ccccc23)c2cc3sc4nc(N(c5ccccc5)c5ccc6c(c5)oc5ccccc56)ccc4c3nn2)cc1. The highest BCUT2D eigenvalue weighted by Crippen LogP contribution is 2.42. The number of anilines is 6. The van der Waals surface area contributed by atoms with Crippen LogP contribution in [0.3, 0.4) is 0 Å². The van der Waals surface area contributed by atoms with Crippen LogP contribution in [-0.4, -0.2) is 15.2 Å². The highest BCUT2D eigenvalue weighted by Gasteiger charge is 2.21. The first kappa shape index (κ1) is 29.7. The first-order chi connectivity index (χ1) is 26.2. The van der Waals surface area contributed by atoms with Gasteiger partial charge in [-0.15, -0.1) is 21.5 Å². The van der Waals surface area contributed by atoms with E-state index in [0.717, 1.165) is 92.9 Å². The summed E-state index contributed by atoms with van der Waals surface area (Å²) in [4.78, 5) is 10.4. The lowest BCUT2D eigenvalue weighted by molar-refractivity contribution is 0.668. The number of rotatable bonds is 6. The summed E-state index contributed by atoms with van der Waals surface area (Å²) in [5, 5.41) is 14.9. The molecule has 53 heavy (non-hydrogen) atoms. The van der Waals surface area contributed by atoms with E-state index in [1.165, 1.54) is 0 Å². The van der Waals surface area contributed by atoms with Crippen molar-refractivity contribution in [1.29, 1.82) is 0 Å². The molecule has 11 rings (SSSR count). The number of pyridine rings is 1. The number of furan rings is 2. The summed E-state index contributed by atoms with van der Waals surface area (Å²) in [5.74, 6) is 1.50.